The molecule has 2 rings (SSSR count). The lowest BCUT2D eigenvalue weighted by atomic mass is 10.1. The summed E-state index contributed by atoms with van der Waals surface area (Å²) < 4.78 is 11.0. The molecule has 1 aromatic rings. The van der Waals surface area contributed by atoms with Crippen LogP contribution in [0.4, 0.5) is 0 Å². The van der Waals surface area contributed by atoms with E-state index in [4.69, 9.17) is 9.47 Å². The Morgan fingerprint density at radius 1 is 1.27 bits per heavy atom. The van der Waals surface area contributed by atoms with Gasteiger partial charge in [0.1, 0.15) is 0 Å². The summed E-state index contributed by atoms with van der Waals surface area (Å²) in [4.78, 5) is 0. The van der Waals surface area contributed by atoms with E-state index in [2.05, 4.69) is 15.9 Å². The predicted octanol–water partition coefficient (Wildman–Crippen LogP) is 2.28. The molecule has 0 aliphatic carbocycles. The normalized spacial score (nSPS) is 16.9. The zero-order valence-corrected chi connectivity index (χ0v) is 9.87. The molecule has 0 spiro atoms. The number of benzene rings is 1. The van der Waals surface area contributed by atoms with Crippen LogP contribution in [-0.2, 0) is 0 Å². The van der Waals surface area contributed by atoms with E-state index in [1.807, 2.05) is 18.2 Å². The second-order valence-electron chi connectivity index (χ2n) is 3.43. The van der Waals surface area contributed by atoms with Crippen LogP contribution in [0.5, 0.6) is 11.5 Å². The van der Waals surface area contributed by atoms with Crippen molar-refractivity contribution in [1.82, 2.24) is 0 Å². The third-order valence-electron chi connectivity index (χ3n) is 2.30. The van der Waals surface area contributed by atoms with E-state index in [0.29, 0.717) is 18.5 Å². The standard InChI is InChI=1S/C11H13BrO3/c12-7-9(13)8-2-3-10-11(6-8)15-5-1-4-14-10/h2-3,6,9,13H,1,4-5,7H2. The van der Waals surface area contributed by atoms with Crippen molar-refractivity contribution in [1.29, 1.82) is 0 Å². The second-order valence-corrected chi connectivity index (χ2v) is 4.07. The van der Waals surface area contributed by atoms with Crippen LogP contribution < -0.4 is 9.47 Å². The Bertz CT molecular complexity index is 341. The van der Waals surface area contributed by atoms with E-state index in [0.717, 1.165) is 23.5 Å². The highest BCUT2D eigenvalue weighted by Gasteiger charge is 2.13. The number of rotatable bonds is 2. The number of alkyl halides is 1. The first-order chi connectivity index (χ1) is 7.31. The summed E-state index contributed by atoms with van der Waals surface area (Å²) in [5.74, 6) is 1.49. The van der Waals surface area contributed by atoms with Crippen LogP contribution in [0.3, 0.4) is 0 Å². The Balaban J connectivity index is 2.27. The fourth-order valence-electron chi connectivity index (χ4n) is 1.48. The number of halogens is 1. The molecule has 1 atom stereocenters. The lowest BCUT2D eigenvalue weighted by molar-refractivity contribution is 0.204. The molecule has 1 aromatic carbocycles. The zero-order chi connectivity index (χ0) is 10.7. The first-order valence-corrected chi connectivity index (χ1v) is 6.07. The molecule has 1 N–H and O–H groups in total. The van der Waals surface area contributed by atoms with Gasteiger partial charge in [0, 0.05) is 11.8 Å². The van der Waals surface area contributed by atoms with Crippen molar-refractivity contribution in [3.8, 4) is 11.5 Å². The van der Waals surface area contributed by atoms with Gasteiger partial charge >= 0.3 is 0 Å². The molecule has 4 heteroatoms. The largest absolute Gasteiger partial charge is 0.490 e. The SMILES string of the molecule is OC(CBr)c1ccc2c(c1)OCCCO2. The lowest BCUT2D eigenvalue weighted by Gasteiger charge is -2.11. The maximum Gasteiger partial charge on any atom is 0.161 e. The van der Waals surface area contributed by atoms with Crippen molar-refractivity contribution in [2.24, 2.45) is 0 Å². The van der Waals surface area contributed by atoms with Gasteiger partial charge in [0.15, 0.2) is 11.5 Å². The van der Waals surface area contributed by atoms with E-state index >= 15 is 0 Å². The van der Waals surface area contributed by atoms with Gasteiger partial charge in [-0.3, -0.25) is 0 Å². The van der Waals surface area contributed by atoms with E-state index in [9.17, 15) is 5.11 Å². The maximum atomic E-state index is 9.66. The number of fused-ring (bicyclic) bond motifs is 1. The Morgan fingerprint density at radius 3 is 2.73 bits per heavy atom. The molecule has 0 radical (unpaired) electrons. The summed E-state index contributed by atoms with van der Waals surface area (Å²) in [6.07, 6.45) is 0.396. The van der Waals surface area contributed by atoms with E-state index in [1.165, 1.54) is 0 Å². The van der Waals surface area contributed by atoms with Crippen LogP contribution in [-0.4, -0.2) is 23.7 Å². The summed E-state index contributed by atoms with van der Waals surface area (Å²) in [6.45, 7) is 1.36. The van der Waals surface area contributed by atoms with E-state index in [1.54, 1.807) is 0 Å². The van der Waals surface area contributed by atoms with Crippen molar-refractivity contribution >= 4 is 15.9 Å². The van der Waals surface area contributed by atoms with Crippen molar-refractivity contribution < 1.29 is 14.6 Å². The molecule has 0 saturated carbocycles. The topological polar surface area (TPSA) is 38.7 Å². The predicted molar refractivity (Wildman–Crippen MR) is 60.8 cm³/mol. The van der Waals surface area contributed by atoms with Crippen LogP contribution in [0.25, 0.3) is 0 Å². The quantitative estimate of drug-likeness (QED) is 0.840. The van der Waals surface area contributed by atoms with Crippen LogP contribution in [0, 0.1) is 0 Å². The summed E-state index contributed by atoms with van der Waals surface area (Å²) in [6, 6.07) is 5.55. The van der Waals surface area contributed by atoms with Gasteiger partial charge in [-0.1, -0.05) is 22.0 Å². The number of aliphatic hydroxyl groups is 1. The molecule has 82 valence electrons. The first-order valence-electron chi connectivity index (χ1n) is 4.95. The molecular weight excluding hydrogens is 260 g/mol. The van der Waals surface area contributed by atoms with Gasteiger partial charge in [0.2, 0.25) is 0 Å². The van der Waals surface area contributed by atoms with Gasteiger partial charge in [-0.25, -0.2) is 0 Å². The van der Waals surface area contributed by atoms with Gasteiger partial charge < -0.3 is 14.6 Å². The van der Waals surface area contributed by atoms with Gasteiger partial charge in [-0.2, -0.15) is 0 Å². The lowest BCUT2D eigenvalue weighted by Crippen LogP contribution is -1.99. The minimum absolute atomic E-state index is 0.498. The van der Waals surface area contributed by atoms with Crippen molar-refractivity contribution in [3.05, 3.63) is 23.8 Å². The second kappa shape index (κ2) is 4.86. The summed E-state index contributed by atoms with van der Waals surface area (Å²) in [7, 11) is 0. The van der Waals surface area contributed by atoms with Gasteiger partial charge in [0.05, 0.1) is 19.3 Å². The molecule has 0 aromatic heterocycles. The van der Waals surface area contributed by atoms with Crippen molar-refractivity contribution in [3.63, 3.8) is 0 Å². The molecule has 1 unspecified atom stereocenters. The first kappa shape index (κ1) is 10.8. The summed E-state index contributed by atoms with van der Waals surface area (Å²) in [5, 5.41) is 10.2. The highest BCUT2D eigenvalue weighted by molar-refractivity contribution is 9.09. The fraction of sp³-hybridized carbons (Fsp3) is 0.455. The number of hydrogen-bond acceptors (Lipinski definition) is 3. The van der Waals surface area contributed by atoms with Gasteiger partial charge in [-0.05, 0) is 17.7 Å². The molecule has 1 aliphatic heterocycles. The fourth-order valence-corrected chi connectivity index (χ4v) is 1.85. The van der Waals surface area contributed by atoms with Crippen LogP contribution in [0.1, 0.15) is 18.1 Å². The molecule has 3 nitrogen and oxygen atoms in total. The van der Waals surface area contributed by atoms with Crippen molar-refractivity contribution in [2.75, 3.05) is 18.5 Å². The molecular formula is C11H13BrO3. The molecule has 0 saturated heterocycles. The van der Waals surface area contributed by atoms with E-state index in [-0.39, 0.29) is 0 Å². The molecule has 0 amide bonds. The van der Waals surface area contributed by atoms with Gasteiger partial charge in [0.25, 0.3) is 0 Å². The Labute approximate surface area is 97.1 Å². The van der Waals surface area contributed by atoms with E-state index < -0.39 is 6.10 Å². The average Bonchev–Trinajstić information content (AvgIpc) is 2.51. The molecule has 1 heterocycles. The monoisotopic (exact) mass is 272 g/mol. The highest BCUT2D eigenvalue weighted by Crippen LogP contribution is 2.32. The van der Waals surface area contributed by atoms with Crippen molar-refractivity contribution in [2.45, 2.75) is 12.5 Å². The Hall–Kier alpha value is -0.740. The van der Waals surface area contributed by atoms with Crippen LogP contribution in [0.15, 0.2) is 18.2 Å². The Morgan fingerprint density at radius 2 is 2.00 bits per heavy atom. The highest BCUT2D eigenvalue weighted by atomic mass is 79.9. The smallest absolute Gasteiger partial charge is 0.161 e. The van der Waals surface area contributed by atoms with Crippen LogP contribution >= 0.6 is 15.9 Å². The minimum Gasteiger partial charge on any atom is -0.490 e. The number of aliphatic hydroxyl groups excluding tert-OH is 1. The minimum atomic E-state index is -0.498. The average molecular weight is 273 g/mol. The summed E-state index contributed by atoms with van der Waals surface area (Å²) in [5.41, 5.74) is 0.844. The summed E-state index contributed by atoms with van der Waals surface area (Å²) >= 11 is 3.24. The molecule has 1 aliphatic rings. The molecule has 15 heavy (non-hydrogen) atoms. The van der Waals surface area contributed by atoms with Gasteiger partial charge in [-0.15, -0.1) is 0 Å². The third kappa shape index (κ3) is 2.44. The third-order valence-corrected chi connectivity index (χ3v) is 2.92. The zero-order valence-electron chi connectivity index (χ0n) is 8.28. The molecule has 0 bridgehead atoms. The van der Waals surface area contributed by atoms with Crippen LogP contribution in [0.2, 0.25) is 0 Å². The number of ether oxygens (including phenoxy) is 2. The maximum absolute atomic E-state index is 9.66. The Kier molecular flexibility index (Phi) is 3.49. The molecule has 0 fully saturated rings. The number of hydrogen-bond donors (Lipinski definition) is 1.